The van der Waals surface area contributed by atoms with Crippen molar-refractivity contribution in [1.82, 2.24) is 10.6 Å². The topological polar surface area (TPSA) is 79.9 Å². The van der Waals surface area contributed by atoms with E-state index in [1.165, 1.54) is 0 Å². The molecule has 2 amide bonds. The molecule has 1 aromatic carbocycles. The summed E-state index contributed by atoms with van der Waals surface area (Å²) in [5, 5.41) is 6.13. The van der Waals surface area contributed by atoms with Crippen LogP contribution in [0.25, 0.3) is 0 Å². The molecule has 2 aliphatic heterocycles. The lowest BCUT2D eigenvalue weighted by atomic mass is 10.0. The Morgan fingerprint density at radius 1 is 1.32 bits per heavy atom. The van der Waals surface area contributed by atoms with E-state index in [0.29, 0.717) is 36.2 Å². The lowest BCUT2D eigenvalue weighted by molar-refractivity contribution is -0.126. The van der Waals surface area contributed by atoms with E-state index < -0.39 is 0 Å². The van der Waals surface area contributed by atoms with Crippen LogP contribution < -0.4 is 25.0 Å². The third-order valence-electron chi connectivity index (χ3n) is 4.60. The molecule has 0 radical (unpaired) electrons. The molecule has 1 unspecified atom stereocenters. The highest BCUT2D eigenvalue weighted by molar-refractivity contribution is 6.01. The molecule has 2 saturated heterocycles. The van der Waals surface area contributed by atoms with Crippen LogP contribution in [0.15, 0.2) is 18.2 Å². The quantitative estimate of drug-likeness (QED) is 0.776. The first kappa shape index (κ1) is 19.3. The number of nitrogens with zero attached hydrogens (tertiary/aromatic N) is 1. The van der Waals surface area contributed by atoms with Crippen molar-refractivity contribution in [3.05, 3.63) is 18.2 Å². The molecule has 7 nitrogen and oxygen atoms in total. The Morgan fingerprint density at radius 2 is 2.08 bits per heavy atom. The zero-order valence-electron chi connectivity index (χ0n) is 14.4. The zero-order chi connectivity index (χ0) is 17.1. The second-order valence-corrected chi connectivity index (χ2v) is 6.21. The normalized spacial score (nSPS) is 19.8. The maximum Gasteiger partial charge on any atom is 0.227 e. The molecule has 0 aromatic heterocycles. The number of carbonyl (C=O) groups is 2. The minimum atomic E-state index is -0.322. The van der Waals surface area contributed by atoms with E-state index >= 15 is 0 Å². The molecule has 2 fully saturated rings. The molecule has 0 spiro atoms. The number of carbonyl (C=O) groups excluding carboxylic acids is 2. The van der Waals surface area contributed by atoms with E-state index in [1.54, 1.807) is 37.3 Å². The van der Waals surface area contributed by atoms with Crippen molar-refractivity contribution in [2.45, 2.75) is 6.42 Å². The number of anilines is 1. The number of ether oxygens (including phenoxy) is 2. The van der Waals surface area contributed by atoms with Gasteiger partial charge >= 0.3 is 0 Å². The molecule has 0 saturated carbocycles. The predicted octanol–water partition coefficient (Wildman–Crippen LogP) is 0.814. The molecule has 2 aliphatic rings. The van der Waals surface area contributed by atoms with E-state index in [9.17, 15) is 9.59 Å². The fraction of sp³-hybridized carbons (Fsp3) is 0.529. The van der Waals surface area contributed by atoms with Gasteiger partial charge in [-0.05, 0) is 12.1 Å². The highest BCUT2D eigenvalue weighted by Gasteiger charge is 2.36. The molecular weight excluding hydrogens is 346 g/mol. The average molecular weight is 370 g/mol. The SMILES string of the molecule is COc1ccc(N2CC(C(=O)NCC3CNC3)CC2=O)c(OC)c1.Cl. The van der Waals surface area contributed by atoms with Crippen molar-refractivity contribution < 1.29 is 19.1 Å². The van der Waals surface area contributed by atoms with Crippen LogP contribution in [0.1, 0.15) is 6.42 Å². The number of hydrogen-bond donors (Lipinski definition) is 2. The maximum atomic E-state index is 12.4. The van der Waals surface area contributed by atoms with Crippen molar-refractivity contribution in [3.8, 4) is 11.5 Å². The highest BCUT2D eigenvalue weighted by Crippen LogP contribution is 2.35. The summed E-state index contributed by atoms with van der Waals surface area (Å²) in [6.45, 7) is 2.93. The van der Waals surface area contributed by atoms with Crippen LogP contribution in [-0.2, 0) is 9.59 Å². The molecule has 0 aliphatic carbocycles. The number of amides is 2. The number of benzene rings is 1. The summed E-state index contributed by atoms with van der Waals surface area (Å²) in [6, 6.07) is 5.30. The van der Waals surface area contributed by atoms with E-state index in [4.69, 9.17) is 9.47 Å². The number of hydrogen-bond acceptors (Lipinski definition) is 5. The lowest BCUT2D eigenvalue weighted by Crippen LogP contribution is -2.49. The Labute approximate surface area is 153 Å². The third-order valence-corrected chi connectivity index (χ3v) is 4.60. The second kappa shape index (κ2) is 8.40. The smallest absolute Gasteiger partial charge is 0.227 e. The summed E-state index contributed by atoms with van der Waals surface area (Å²) in [5.41, 5.74) is 0.668. The van der Waals surface area contributed by atoms with E-state index in [-0.39, 0.29) is 36.6 Å². The van der Waals surface area contributed by atoms with Gasteiger partial charge in [0.2, 0.25) is 11.8 Å². The summed E-state index contributed by atoms with van der Waals surface area (Å²) in [5.74, 6) is 1.28. The summed E-state index contributed by atoms with van der Waals surface area (Å²) in [7, 11) is 3.13. The molecule has 138 valence electrons. The zero-order valence-corrected chi connectivity index (χ0v) is 15.2. The first-order valence-corrected chi connectivity index (χ1v) is 8.13. The van der Waals surface area contributed by atoms with Gasteiger partial charge in [-0.15, -0.1) is 12.4 Å². The van der Waals surface area contributed by atoms with Crippen LogP contribution >= 0.6 is 12.4 Å². The van der Waals surface area contributed by atoms with Crippen LogP contribution in [0.3, 0.4) is 0 Å². The monoisotopic (exact) mass is 369 g/mol. The largest absolute Gasteiger partial charge is 0.497 e. The summed E-state index contributed by atoms with van der Waals surface area (Å²) in [6.07, 6.45) is 0.226. The van der Waals surface area contributed by atoms with E-state index in [0.717, 1.165) is 13.1 Å². The molecule has 0 bridgehead atoms. The van der Waals surface area contributed by atoms with Crippen molar-refractivity contribution in [1.29, 1.82) is 0 Å². The van der Waals surface area contributed by atoms with E-state index in [1.807, 2.05) is 0 Å². The van der Waals surface area contributed by atoms with Crippen LogP contribution in [-0.4, -0.2) is 52.2 Å². The van der Waals surface area contributed by atoms with Gasteiger partial charge in [0.25, 0.3) is 0 Å². The minimum absolute atomic E-state index is 0. The minimum Gasteiger partial charge on any atom is -0.497 e. The van der Waals surface area contributed by atoms with Gasteiger partial charge < -0.3 is 25.0 Å². The van der Waals surface area contributed by atoms with Crippen LogP contribution in [0, 0.1) is 11.8 Å². The number of methoxy groups -OCH3 is 2. The fourth-order valence-electron chi connectivity index (χ4n) is 3.01. The Balaban J connectivity index is 0.00000225. The molecular formula is C17H24ClN3O4. The van der Waals surface area contributed by atoms with Gasteiger partial charge in [-0.2, -0.15) is 0 Å². The molecule has 2 heterocycles. The number of nitrogens with one attached hydrogen (secondary N) is 2. The Kier molecular flexibility index (Phi) is 6.50. The van der Waals surface area contributed by atoms with Gasteiger partial charge in [0, 0.05) is 44.6 Å². The Morgan fingerprint density at radius 3 is 2.68 bits per heavy atom. The third kappa shape index (κ3) is 4.16. The van der Waals surface area contributed by atoms with Gasteiger partial charge in [0.15, 0.2) is 0 Å². The van der Waals surface area contributed by atoms with Crippen LogP contribution in [0.4, 0.5) is 5.69 Å². The predicted molar refractivity (Wildman–Crippen MR) is 96.6 cm³/mol. The Bertz CT molecular complexity index is 636. The lowest BCUT2D eigenvalue weighted by Gasteiger charge is -2.27. The van der Waals surface area contributed by atoms with E-state index in [2.05, 4.69) is 10.6 Å². The van der Waals surface area contributed by atoms with Crippen molar-refractivity contribution in [2.24, 2.45) is 11.8 Å². The summed E-state index contributed by atoms with van der Waals surface area (Å²) < 4.78 is 10.5. The second-order valence-electron chi connectivity index (χ2n) is 6.21. The maximum absolute atomic E-state index is 12.4. The average Bonchev–Trinajstić information content (AvgIpc) is 2.94. The van der Waals surface area contributed by atoms with Gasteiger partial charge in [0.05, 0.1) is 25.8 Å². The standard InChI is InChI=1S/C17H23N3O4.ClH/c1-23-13-3-4-14(15(6-13)24-2)20-10-12(5-16(20)21)17(22)19-9-11-7-18-8-11;/h3-4,6,11-12,18H,5,7-10H2,1-2H3,(H,19,22);1H. The first-order chi connectivity index (χ1) is 11.6. The van der Waals surface area contributed by atoms with Gasteiger partial charge in [0.1, 0.15) is 11.5 Å². The van der Waals surface area contributed by atoms with Gasteiger partial charge in [-0.3, -0.25) is 9.59 Å². The Hall–Kier alpha value is -1.99. The molecule has 1 aromatic rings. The van der Waals surface area contributed by atoms with Crippen LogP contribution in [0.2, 0.25) is 0 Å². The number of rotatable bonds is 6. The van der Waals surface area contributed by atoms with Gasteiger partial charge in [-0.25, -0.2) is 0 Å². The fourth-order valence-corrected chi connectivity index (χ4v) is 3.01. The van der Waals surface area contributed by atoms with Crippen LogP contribution in [0.5, 0.6) is 11.5 Å². The van der Waals surface area contributed by atoms with Crippen molar-refractivity contribution in [3.63, 3.8) is 0 Å². The highest BCUT2D eigenvalue weighted by atomic mass is 35.5. The van der Waals surface area contributed by atoms with Gasteiger partial charge in [-0.1, -0.05) is 0 Å². The molecule has 3 rings (SSSR count). The number of halogens is 1. The molecule has 1 atom stereocenters. The summed E-state index contributed by atoms with van der Waals surface area (Å²) in [4.78, 5) is 26.3. The van der Waals surface area contributed by atoms with Crippen molar-refractivity contribution >= 4 is 29.9 Å². The molecule has 8 heteroatoms. The molecule has 25 heavy (non-hydrogen) atoms. The van der Waals surface area contributed by atoms with Crippen molar-refractivity contribution in [2.75, 3.05) is 45.3 Å². The molecule has 2 N–H and O–H groups in total. The summed E-state index contributed by atoms with van der Waals surface area (Å²) >= 11 is 0. The first-order valence-electron chi connectivity index (χ1n) is 8.13.